The molecule has 9 nitrogen and oxygen atoms in total. The molecular formula is C22H25Cl2N3O6. The van der Waals surface area contributed by atoms with Crippen LogP contribution in [-0.2, 0) is 9.59 Å². The Morgan fingerprint density at radius 1 is 0.970 bits per heavy atom. The number of carbonyl (C=O) groups is 2. The molecule has 1 N–H and O–H groups in total. The number of Topliss-reactive ketones (excluding diaryl/α,β-unsaturated/α-hetero) is 1. The highest BCUT2D eigenvalue weighted by molar-refractivity contribution is 6.36. The van der Waals surface area contributed by atoms with Crippen molar-refractivity contribution in [3.63, 3.8) is 0 Å². The first kappa shape index (κ1) is 26.2. The molecule has 0 spiro atoms. The van der Waals surface area contributed by atoms with Crippen molar-refractivity contribution in [3.8, 4) is 23.0 Å². The smallest absolute Gasteiger partial charge is 0.258 e. The van der Waals surface area contributed by atoms with E-state index in [1.54, 1.807) is 32.0 Å². The predicted octanol–water partition coefficient (Wildman–Crippen LogP) is 5.49. The van der Waals surface area contributed by atoms with E-state index in [1.807, 2.05) is 0 Å². The molecule has 0 aliphatic carbocycles. The molecule has 0 heterocycles. The standard InChI is InChI=1S/C22H25Cl2N3O6/c1-6-32-14-10-11-15(33-7-2)20(17(14)24)25-22(29)18(12(3)28)26-27-19-13(23)8-9-16(30-4)21(19)31-5/h8-11,18H,6-7H2,1-5H3,(H,25,29). The number of methoxy groups -OCH3 is 2. The normalized spacial score (nSPS) is 11.7. The first-order chi connectivity index (χ1) is 15.8. The van der Waals surface area contributed by atoms with Gasteiger partial charge < -0.3 is 24.3 Å². The minimum Gasteiger partial charge on any atom is -0.493 e. The number of anilines is 1. The Bertz CT molecular complexity index is 1050. The van der Waals surface area contributed by atoms with Crippen LogP contribution in [0.2, 0.25) is 10.0 Å². The van der Waals surface area contributed by atoms with Crippen molar-refractivity contribution in [2.45, 2.75) is 26.8 Å². The molecule has 11 heteroatoms. The summed E-state index contributed by atoms with van der Waals surface area (Å²) in [5.74, 6) is -0.0732. The van der Waals surface area contributed by atoms with E-state index >= 15 is 0 Å². The number of hydrogen-bond acceptors (Lipinski definition) is 8. The van der Waals surface area contributed by atoms with Gasteiger partial charge in [-0.2, -0.15) is 5.11 Å². The lowest BCUT2D eigenvalue weighted by Gasteiger charge is -2.17. The highest BCUT2D eigenvalue weighted by atomic mass is 35.5. The molecule has 2 aromatic rings. The minimum atomic E-state index is -1.49. The van der Waals surface area contributed by atoms with Crippen LogP contribution >= 0.6 is 23.2 Å². The summed E-state index contributed by atoms with van der Waals surface area (Å²) in [5.41, 5.74) is 0.275. The van der Waals surface area contributed by atoms with Crippen LogP contribution in [0.1, 0.15) is 20.8 Å². The number of azo groups is 1. The molecule has 2 aromatic carbocycles. The zero-order valence-corrected chi connectivity index (χ0v) is 20.4. The molecule has 1 atom stereocenters. The fourth-order valence-corrected chi connectivity index (χ4v) is 3.25. The van der Waals surface area contributed by atoms with Gasteiger partial charge in [-0.05, 0) is 45.0 Å². The highest BCUT2D eigenvalue weighted by Crippen LogP contribution is 2.43. The van der Waals surface area contributed by atoms with Crippen molar-refractivity contribution >= 4 is 46.3 Å². The van der Waals surface area contributed by atoms with Crippen LogP contribution in [0.3, 0.4) is 0 Å². The minimum absolute atomic E-state index is 0.115. The van der Waals surface area contributed by atoms with Gasteiger partial charge in [0.25, 0.3) is 5.91 Å². The largest absolute Gasteiger partial charge is 0.493 e. The van der Waals surface area contributed by atoms with Gasteiger partial charge in [0.2, 0.25) is 6.04 Å². The van der Waals surface area contributed by atoms with E-state index in [0.29, 0.717) is 30.5 Å². The molecule has 2 rings (SSSR count). The molecule has 1 amide bonds. The Morgan fingerprint density at radius 2 is 1.58 bits per heavy atom. The van der Waals surface area contributed by atoms with Crippen LogP contribution in [0.15, 0.2) is 34.5 Å². The second-order valence-electron chi connectivity index (χ2n) is 6.47. The van der Waals surface area contributed by atoms with Crippen molar-refractivity contribution in [1.29, 1.82) is 0 Å². The summed E-state index contributed by atoms with van der Waals surface area (Å²) in [6.07, 6.45) is 0. The second-order valence-corrected chi connectivity index (χ2v) is 7.25. The lowest BCUT2D eigenvalue weighted by Crippen LogP contribution is -2.32. The van der Waals surface area contributed by atoms with Crippen molar-refractivity contribution in [2.75, 3.05) is 32.8 Å². The summed E-state index contributed by atoms with van der Waals surface area (Å²) in [6.45, 7) is 5.50. The Hall–Kier alpha value is -3.04. The number of rotatable bonds is 11. The fraction of sp³-hybridized carbons (Fsp3) is 0.364. The molecule has 0 saturated heterocycles. The van der Waals surface area contributed by atoms with Crippen LogP contribution < -0.4 is 24.3 Å². The number of carbonyl (C=O) groups excluding carboxylic acids is 2. The number of nitrogens with one attached hydrogen (secondary N) is 1. The third kappa shape index (κ3) is 6.27. The van der Waals surface area contributed by atoms with Gasteiger partial charge >= 0.3 is 0 Å². The van der Waals surface area contributed by atoms with Crippen molar-refractivity contribution in [1.82, 2.24) is 0 Å². The highest BCUT2D eigenvalue weighted by Gasteiger charge is 2.27. The predicted molar refractivity (Wildman–Crippen MR) is 126 cm³/mol. The van der Waals surface area contributed by atoms with Crippen LogP contribution in [-0.4, -0.2) is 45.2 Å². The number of benzene rings is 2. The van der Waals surface area contributed by atoms with Gasteiger partial charge in [-0.1, -0.05) is 23.2 Å². The van der Waals surface area contributed by atoms with E-state index in [2.05, 4.69) is 15.5 Å². The Kier molecular flexibility index (Phi) is 9.74. The maximum atomic E-state index is 13.0. The van der Waals surface area contributed by atoms with E-state index in [-0.39, 0.29) is 27.2 Å². The lowest BCUT2D eigenvalue weighted by atomic mass is 10.2. The number of ether oxygens (including phenoxy) is 4. The van der Waals surface area contributed by atoms with Crippen LogP contribution in [0.25, 0.3) is 0 Å². The van der Waals surface area contributed by atoms with Crippen LogP contribution in [0, 0.1) is 0 Å². The van der Waals surface area contributed by atoms with E-state index in [4.69, 9.17) is 42.1 Å². The molecule has 178 valence electrons. The second kappa shape index (κ2) is 12.3. The number of ketones is 1. The summed E-state index contributed by atoms with van der Waals surface area (Å²) in [5, 5.41) is 10.9. The lowest BCUT2D eigenvalue weighted by molar-refractivity contribution is -0.126. The number of amides is 1. The topological polar surface area (TPSA) is 108 Å². The summed E-state index contributed by atoms with van der Waals surface area (Å²) in [4.78, 5) is 25.2. The van der Waals surface area contributed by atoms with Crippen molar-refractivity contribution in [3.05, 3.63) is 34.3 Å². The van der Waals surface area contributed by atoms with Gasteiger partial charge in [-0.25, -0.2) is 0 Å². The van der Waals surface area contributed by atoms with Crippen molar-refractivity contribution in [2.24, 2.45) is 10.2 Å². The van der Waals surface area contributed by atoms with Crippen LogP contribution in [0.5, 0.6) is 23.0 Å². The zero-order chi connectivity index (χ0) is 24.5. The number of hydrogen-bond donors (Lipinski definition) is 1. The maximum Gasteiger partial charge on any atom is 0.258 e. The number of halogens is 2. The van der Waals surface area contributed by atoms with Gasteiger partial charge in [-0.15, -0.1) is 5.11 Å². The molecule has 0 aromatic heterocycles. The Morgan fingerprint density at radius 3 is 2.15 bits per heavy atom. The first-order valence-electron chi connectivity index (χ1n) is 9.99. The van der Waals surface area contributed by atoms with Gasteiger partial charge in [-0.3, -0.25) is 9.59 Å². The average molecular weight is 498 g/mol. The molecule has 1 unspecified atom stereocenters. The first-order valence-corrected chi connectivity index (χ1v) is 10.7. The third-order valence-electron chi connectivity index (χ3n) is 4.29. The van der Waals surface area contributed by atoms with Crippen molar-refractivity contribution < 1.29 is 28.5 Å². The van der Waals surface area contributed by atoms with Gasteiger partial charge in [0.1, 0.15) is 27.9 Å². The Balaban J connectivity index is 2.42. The summed E-state index contributed by atoms with van der Waals surface area (Å²) in [6, 6.07) is 4.89. The molecule has 33 heavy (non-hydrogen) atoms. The molecular weight excluding hydrogens is 473 g/mol. The number of nitrogens with zero attached hydrogens (tertiary/aromatic N) is 2. The quantitative estimate of drug-likeness (QED) is 0.324. The van der Waals surface area contributed by atoms with E-state index in [0.717, 1.165) is 0 Å². The van der Waals surface area contributed by atoms with E-state index < -0.39 is 17.7 Å². The van der Waals surface area contributed by atoms with Gasteiger partial charge in [0, 0.05) is 0 Å². The third-order valence-corrected chi connectivity index (χ3v) is 4.97. The molecule has 0 aliphatic heterocycles. The maximum absolute atomic E-state index is 13.0. The van der Waals surface area contributed by atoms with E-state index in [9.17, 15) is 9.59 Å². The zero-order valence-electron chi connectivity index (χ0n) is 18.9. The summed E-state index contributed by atoms with van der Waals surface area (Å²) >= 11 is 12.6. The van der Waals surface area contributed by atoms with Gasteiger partial charge in [0.05, 0.1) is 32.5 Å². The summed E-state index contributed by atoms with van der Waals surface area (Å²) in [7, 11) is 2.86. The molecule has 0 bridgehead atoms. The fourth-order valence-electron chi connectivity index (χ4n) is 2.80. The Labute approximate surface area is 202 Å². The molecule has 0 saturated carbocycles. The van der Waals surface area contributed by atoms with E-state index in [1.165, 1.54) is 27.2 Å². The molecule has 0 radical (unpaired) electrons. The SMILES string of the molecule is CCOc1ccc(OCC)c(NC(=O)C(N=Nc2c(Cl)ccc(OC)c2OC)C(C)=O)c1Cl. The average Bonchev–Trinajstić information content (AvgIpc) is 2.78. The molecule has 0 aliphatic rings. The summed E-state index contributed by atoms with van der Waals surface area (Å²) < 4.78 is 21.5. The van der Waals surface area contributed by atoms with Crippen LogP contribution in [0.4, 0.5) is 11.4 Å². The monoisotopic (exact) mass is 497 g/mol. The van der Waals surface area contributed by atoms with Gasteiger partial charge in [0.15, 0.2) is 17.3 Å². The molecule has 0 fully saturated rings.